The minimum atomic E-state index is 0.294. The highest BCUT2D eigenvalue weighted by Gasteiger charge is 2.25. The van der Waals surface area contributed by atoms with E-state index in [1.54, 1.807) is 6.20 Å². The number of rotatable bonds is 5. The molecule has 3 rings (SSSR count). The summed E-state index contributed by atoms with van der Waals surface area (Å²) in [5, 5.41) is 4.10. The predicted molar refractivity (Wildman–Crippen MR) is 86.7 cm³/mol. The van der Waals surface area contributed by atoms with Crippen molar-refractivity contribution in [2.24, 2.45) is 0 Å². The Kier molecular flexibility index (Phi) is 4.58. The topological polar surface area (TPSA) is 63.2 Å². The van der Waals surface area contributed by atoms with Crippen LogP contribution in [0.2, 0.25) is 5.02 Å². The quantitative estimate of drug-likeness (QED) is 0.914. The van der Waals surface area contributed by atoms with Gasteiger partial charge in [0.2, 0.25) is 5.88 Å². The van der Waals surface area contributed by atoms with Gasteiger partial charge in [-0.25, -0.2) is 15.0 Å². The minimum Gasteiger partial charge on any atom is -0.478 e. The van der Waals surface area contributed by atoms with Crippen LogP contribution in [0.4, 0.5) is 11.6 Å². The fourth-order valence-electron chi connectivity index (χ4n) is 2.53. The number of hydrogen-bond donors (Lipinski definition) is 1. The smallest absolute Gasteiger partial charge is 0.218 e. The first-order valence-corrected chi connectivity index (χ1v) is 7.71. The minimum absolute atomic E-state index is 0.294. The summed E-state index contributed by atoms with van der Waals surface area (Å²) in [6, 6.07) is 5.82. The number of aromatic nitrogens is 3. The number of nitrogens with zero attached hydrogens (tertiary/aromatic N) is 4. The molecule has 0 amide bonds. The van der Waals surface area contributed by atoms with Gasteiger partial charge in [-0.1, -0.05) is 11.6 Å². The summed E-state index contributed by atoms with van der Waals surface area (Å²) >= 11 is 6.21. The molecule has 2 aromatic rings. The van der Waals surface area contributed by atoms with Crippen LogP contribution in [0, 0.1) is 0 Å². The molecule has 22 heavy (non-hydrogen) atoms. The molecule has 0 saturated carbocycles. The fourth-order valence-corrected chi connectivity index (χ4v) is 2.78. The summed E-state index contributed by atoms with van der Waals surface area (Å²) in [5.41, 5.74) is 0. The molecule has 6 nitrogen and oxygen atoms in total. The van der Waals surface area contributed by atoms with E-state index in [-0.39, 0.29) is 0 Å². The second kappa shape index (κ2) is 6.79. The SMILES string of the molecule is CCOc1cc(NC2CCN(c3ncccc3Cl)C2)ncn1. The van der Waals surface area contributed by atoms with E-state index in [1.165, 1.54) is 6.33 Å². The molecule has 7 heteroatoms. The lowest BCUT2D eigenvalue weighted by atomic mass is 10.2. The maximum atomic E-state index is 6.21. The number of halogens is 1. The van der Waals surface area contributed by atoms with Gasteiger partial charge in [0.15, 0.2) is 0 Å². The highest BCUT2D eigenvalue weighted by Crippen LogP contribution is 2.26. The third-order valence-corrected chi connectivity index (χ3v) is 3.81. The van der Waals surface area contributed by atoms with Crippen LogP contribution in [-0.2, 0) is 0 Å². The Hall–Kier alpha value is -2.08. The standard InChI is InChI=1S/C15H18ClN5O/c1-2-22-14-8-13(18-10-19-14)20-11-5-7-21(9-11)15-12(16)4-3-6-17-15/h3-4,6,8,10-11H,2,5,7,9H2,1H3,(H,18,19,20). The van der Waals surface area contributed by atoms with Crippen molar-refractivity contribution in [1.82, 2.24) is 15.0 Å². The molecule has 2 aromatic heterocycles. The van der Waals surface area contributed by atoms with Gasteiger partial charge in [-0.05, 0) is 25.5 Å². The van der Waals surface area contributed by atoms with Crippen molar-refractivity contribution < 1.29 is 4.74 Å². The monoisotopic (exact) mass is 319 g/mol. The average molecular weight is 320 g/mol. The number of hydrogen-bond acceptors (Lipinski definition) is 6. The average Bonchev–Trinajstić information content (AvgIpc) is 2.97. The number of anilines is 2. The zero-order valence-corrected chi connectivity index (χ0v) is 13.1. The molecule has 0 aliphatic carbocycles. The molecule has 3 heterocycles. The molecule has 0 spiro atoms. The first-order valence-electron chi connectivity index (χ1n) is 7.33. The van der Waals surface area contributed by atoms with Gasteiger partial charge >= 0.3 is 0 Å². The van der Waals surface area contributed by atoms with Gasteiger partial charge in [0, 0.05) is 31.4 Å². The molecule has 1 saturated heterocycles. The van der Waals surface area contributed by atoms with Crippen LogP contribution in [0.3, 0.4) is 0 Å². The van der Waals surface area contributed by atoms with E-state index < -0.39 is 0 Å². The van der Waals surface area contributed by atoms with Gasteiger partial charge in [0.1, 0.15) is 18.0 Å². The maximum absolute atomic E-state index is 6.21. The van der Waals surface area contributed by atoms with E-state index in [0.717, 1.165) is 31.1 Å². The Bertz CT molecular complexity index is 639. The van der Waals surface area contributed by atoms with E-state index in [1.807, 2.05) is 25.1 Å². The highest BCUT2D eigenvalue weighted by atomic mass is 35.5. The second-order valence-corrected chi connectivity index (χ2v) is 5.47. The lowest BCUT2D eigenvalue weighted by Gasteiger charge is -2.19. The lowest BCUT2D eigenvalue weighted by Crippen LogP contribution is -2.27. The normalized spacial score (nSPS) is 17.5. The van der Waals surface area contributed by atoms with Gasteiger partial charge in [0.05, 0.1) is 11.6 Å². The van der Waals surface area contributed by atoms with Crippen LogP contribution in [0.25, 0.3) is 0 Å². The summed E-state index contributed by atoms with van der Waals surface area (Å²) in [4.78, 5) is 14.9. The zero-order chi connectivity index (χ0) is 15.4. The molecule has 1 aliphatic rings. The van der Waals surface area contributed by atoms with Gasteiger partial charge in [-0.15, -0.1) is 0 Å². The van der Waals surface area contributed by atoms with E-state index in [2.05, 4.69) is 25.2 Å². The molecule has 116 valence electrons. The Morgan fingerprint density at radius 2 is 2.32 bits per heavy atom. The van der Waals surface area contributed by atoms with Crippen LogP contribution >= 0.6 is 11.6 Å². The number of pyridine rings is 1. The van der Waals surface area contributed by atoms with Crippen LogP contribution in [0.15, 0.2) is 30.7 Å². The number of nitrogens with one attached hydrogen (secondary N) is 1. The molecule has 1 aliphatic heterocycles. The highest BCUT2D eigenvalue weighted by molar-refractivity contribution is 6.32. The molecule has 1 atom stereocenters. The van der Waals surface area contributed by atoms with Gasteiger partial charge in [-0.2, -0.15) is 0 Å². The van der Waals surface area contributed by atoms with Crippen molar-refractivity contribution in [3.63, 3.8) is 0 Å². The van der Waals surface area contributed by atoms with Crippen molar-refractivity contribution in [1.29, 1.82) is 0 Å². The molecule has 1 unspecified atom stereocenters. The summed E-state index contributed by atoms with van der Waals surface area (Å²) in [7, 11) is 0. The predicted octanol–water partition coefficient (Wildman–Crippen LogP) is 2.61. The third kappa shape index (κ3) is 3.39. The van der Waals surface area contributed by atoms with Crippen molar-refractivity contribution in [3.8, 4) is 5.88 Å². The van der Waals surface area contributed by atoms with Crippen LogP contribution in [0.5, 0.6) is 5.88 Å². The summed E-state index contributed by atoms with van der Waals surface area (Å²) < 4.78 is 5.39. The van der Waals surface area contributed by atoms with Crippen molar-refractivity contribution in [2.75, 3.05) is 29.9 Å². The van der Waals surface area contributed by atoms with Crippen LogP contribution in [0.1, 0.15) is 13.3 Å². The molecular weight excluding hydrogens is 302 g/mol. The summed E-state index contributed by atoms with van der Waals surface area (Å²) in [6.45, 7) is 4.27. The molecule has 1 fully saturated rings. The van der Waals surface area contributed by atoms with Gasteiger partial charge < -0.3 is 15.0 Å². The fraction of sp³-hybridized carbons (Fsp3) is 0.400. The van der Waals surface area contributed by atoms with E-state index >= 15 is 0 Å². The third-order valence-electron chi connectivity index (χ3n) is 3.51. The lowest BCUT2D eigenvalue weighted by molar-refractivity contribution is 0.326. The Morgan fingerprint density at radius 3 is 3.14 bits per heavy atom. The molecule has 0 radical (unpaired) electrons. The number of ether oxygens (including phenoxy) is 1. The Labute approximate surface area is 134 Å². The molecular formula is C15H18ClN5O. The molecule has 0 aromatic carbocycles. The van der Waals surface area contributed by atoms with Crippen molar-refractivity contribution >= 4 is 23.2 Å². The van der Waals surface area contributed by atoms with Crippen LogP contribution in [-0.4, -0.2) is 40.7 Å². The molecule has 0 bridgehead atoms. The van der Waals surface area contributed by atoms with E-state index in [0.29, 0.717) is 23.6 Å². The first kappa shape index (κ1) is 14.8. The van der Waals surface area contributed by atoms with Gasteiger partial charge in [-0.3, -0.25) is 0 Å². The Balaban J connectivity index is 1.64. The van der Waals surface area contributed by atoms with Crippen LogP contribution < -0.4 is 15.0 Å². The summed E-state index contributed by atoms with van der Waals surface area (Å²) in [6.07, 6.45) is 4.28. The second-order valence-electron chi connectivity index (χ2n) is 5.06. The van der Waals surface area contributed by atoms with Gasteiger partial charge in [0.25, 0.3) is 0 Å². The van der Waals surface area contributed by atoms with Crippen molar-refractivity contribution in [3.05, 3.63) is 35.7 Å². The first-order chi connectivity index (χ1) is 10.8. The largest absolute Gasteiger partial charge is 0.478 e. The van der Waals surface area contributed by atoms with E-state index in [9.17, 15) is 0 Å². The van der Waals surface area contributed by atoms with E-state index in [4.69, 9.17) is 16.3 Å². The maximum Gasteiger partial charge on any atom is 0.218 e. The summed E-state index contributed by atoms with van der Waals surface area (Å²) in [5.74, 6) is 2.20. The molecule has 1 N–H and O–H groups in total. The van der Waals surface area contributed by atoms with Crippen molar-refractivity contribution in [2.45, 2.75) is 19.4 Å². The zero-order valence-electron chi connectivity index (χ0n) is 12.4. The Morgan fingerprint density at radius 1 is 1.41 bits per heavy atom.